The van der Waals surface area contributed by atoms with E-state index >= 15 is 0 Å². The quantitative estimate of drug-likeness (QED) is 0.673. The Kier molecular flexibility index (Phi) is 5.24. The van der Waals surface area contributed by atoms with Gasteiger partial charge in [0.25, 0.3) is 0 Å². The molecule has 0 bridgehead atoms. The Morgan fingerprint density at radius 2 is 2.00 bits per heavy atom. The van der Waals surface area contributed by atoms with Gasteiger partial charge in [0.05, 0.1) is 19.3 Å². The van der Waals surface area contributed by atoms with Gasteiger partial charge in [-0.2, -0.15) is 0 Å². The zero-order valence-corrected chi connectivity index (χ0v) is 14.9. The van der Waals surface area contributed by atoms with E-state index in [1.54, 1.807) is 7.11 Å². The zero-order valence-electron chi connectivity index (χ0n) is 14.9. The molecular formula is C20H24N2O3. The second kappa shape index (κ2) is 7.57. The van der Waals surface area contributed by atoms with Gasteiger partial charge in [-0.05, 0) is 25.5 Å². The van der Waals surface area contributed by atoms with Gasteiger partial charge in [-0.15, -0.1) is 0 Å². The van der Waals surface area contributed by atoms with Gasteiger partial charge in [-0.25, -0.2) is 0 Å². The second-order valence-electron chi connectivity index (χ2n) is 6.27. The van der Waals surface area contributed by atoms with Crippen LogP contribution in [0.25, 0.3) is 21.9 Å². The molecule has 3 rings (SSSR count). The summed E-state index contributed by atoms with van der Waals surface area (Å²) in [6.07, 6.45) is 2.13. The van der Waals surface area contributed by atoms with E-state index in [-0.39, 0.29) is 12.5 Å². The first-order chi connectivity index (χ1) is 12.1. The first-order valence-corrected chi connectivity index (χ1v) is 8.65. The number of furan rings is 1. The van der Waals surface area contributed by atoms with Crippen molar-refractivity contribution in [3.05, 3.63) is 36.4 Å². The Morgan fingerprint density at radius 1 is 1.20 bits per heavy atom. The number of fused-ring (bicyclic) bond motifs is 3. The first-order valence-electron chi connectivity index (χ1n) is 8.65. The molecule has 1 atom stereocenters. The number of anilines is 1. The summed E-state index contributed by atoms with van der Waals surface area (Å²) < 4.78 is 11.3. The van der Waals surface area contributed by atoms with Crippen LogP contribution in [0.1, 0.15) is 26.7 Å². The zero-order chi connectivity index (χ0) is 17.8. The molecule has 0 spiro atoms. The number of rotatable bonds is 7. The van der Waals surface area contributed by atoms with Crippen LogP contribution >= 0.6 is 0 Å². The van der Waals surface area contributed by atoms with E-state index in [4.69, 9.17) is 9.15 Å². The summed E-state index contributed by atoms with van der Waals surface area (Å²) in [4.78, 5) is 12.2. The molecule has 1 amide bonds. The van der Waals surface area contributed by atoms with Gasteiger partial charge < -0.3 is 19.8 Å². The van der Waals surface area contributed by atoms with Gasteiger partial charge in [0, 0.05) is 22.9 Å². The number of carbonyl (C=O) groups excluding carboxylic acids is 1. The average Bonchev–Trinajstić information content (AvgIpc) is 2.97. The number of hydrogen-bond donors (Lipinski definition) is 2. The molecule has 2 aromatic carbocycles. The number of benzene rings is 2. The fourth-order valence-corrected chi connectivity index (χ4v) is 3.01. The van der Waals surface area contributed by atoms with Crippen LogP contribution in [-0.4, -0.2) is 25.6 Å². The highest BCUT2D eigenvalue weighted by atomic mass is 16.5. The van der Waals surface area contributed by atoms with E-state index in [9.17, 15) is 4.79 Å². The number of para-hydroxylation sites is 1. The Hall–Kier alpha value is -2.53. The van der Waals surface area contributed by atoms with Crippen molar-refractivity contribution in [2.24, 2.45) is 0 Å². The smallest absolute Gasteiger partial charge is 0.238 e. The van der Waals surface area contributed by atoms with E-state index in [0.717, 1.165) is 34.8 Å². The molecule has 1 heterocycles. The summed E-state index contributed by atoms with van der Waals surface area (Å²) in [6.45, 7) is 4.48. The lowest BCUT2D eigenvalue weighted by Gasteiger charge is -2.14. The molecule has 2 N–H and O–H groups in total. The van der Waals surface area contributed by atoms with Gasteiger partial charge in [0.15, 0.2) is 0 Å². The minimum atomic E-state index is -0.100. The standard InChI is InChI=1S/C20H24N2O3/c1-4-7-13(2)21-12-20(23)22-16-11-18-15(10-19(16)24-3)14-8-5-6-9-17(14)25-18/h5-6,8-11,13,21H,4,7,12H2,1-3H3,(H,22,23). The number of carbonyl (C=O) groups is 1. The third-order valence-corrected chi connectivity index (χ3v) is 4.31. The number of amides is 1. The number of hydrogen-bond acceptors (Lipinski definition) is 4. The van der Waals surface area contributed by atoms with Crippen molar-refractivity contribution in [1.82, 2.24) is 5.32 Å². The maximum Gasteiger partial charge on any atom is 0.238 e. The normalized spacial score (nSPS) is 12.4. The van der Waals surface area contributed by atoms with Gasteiger partial charge in [-0.3, -0.25) is 4.79 Å². The minimum Gasteiger partial charge on any atom is -0.495 e. The number of ether oxygens (including phenoxy) is 1. The molecule has 5 heteroatoms. The summed E-state index contributed by atoms with van der Waals surface area (Å²) in [6, 6.07) is 11.9. The summed E-state index contributed by atoms with van der Waals surface area (Å²) in [7, 11) is 1.60. The van der Waals surface area contributed by atoms with Crippen LogP contribution in [0, 0.1) is 0 Å². The van der Waals surface area contributed by atoms with Crippen LogP contribution in [0.3, 0.4) is 0 Å². The number of methoxy groups -OCH3 is 1. The lowest BCUT2D eigenvalue weighted by Crippen LogP contribution is -2.34. The summed E-state index contributed by atoms with van der Waals surface area (Å²) in [5, 5.41) is 8.14. The van der Waals surface area contributed by atoms with Gasteiger partial charge in [0.2, 0.25) is 5.91 Å². The van der Waals surface area contributed by atoms with Crippen LogP contribution in [0.4, 0.5) is 5.69 Å². The van der Waals surface area contributed by atoms with Gasteiger partial charge in [0.1, 0.15) is 16.9 Å². The molecule has 1 unspecified atom stereocenters. The van der Waals surface area contributed by atoms with E-state index in [2.05, 4.69) is 24.5 Å². The van der Waals surface area contributed by atoms with Crippen molar-refractivity contribution >= 4 is 33.5 Å². The Morgan fingerprint density at radius 3 is 2.76 bits per heavy atom. The maximum atomic E-state index is 12.2. The SMILES string of the molecule is CCCC(C)NCC(=O)Nc1cc2oc3ccccc3c2cc1OC. The summed E-state index contributed by atoms with van der Waals surface area (Å²) >= 11 is 0. The van der Waals surface area contributed by atoms with Crippen molar-refractivity contribution in [3.8, 4) is 5.75 Å². The third kappa shape index (κ3) is 3.77. The molecule has 0 aliphatic rings. The average molecular weight is 340 g/mol. The highest BCUT2D eigenvalue weighted by Gasteiger charge is 2.14. The van der Waals surface area contributed by atoms with Crippen LogP contribution in [0.5, 0.6) is 5.75 Å². The predicted octanol–water partition coefficient (Wildman–Crippen LogP) is 4.31. The van der Waals surface area contributed by atoms with Gasteiger partial charge in [-0.1, -0.05) is 31.5 Å². The fourth-order valence-electron chi connectivity index (χ4n) is 3.01. The molecule has 25 heavy (non-hydrogen) atoms. The van der Waals surface area contributed by atoms with Gasteiger partial charge >= 0.3 is 0 Å². The number of nitrogens with one attached hydrogen (secondary N) is 2. The maximum absolute atomic E-state index is 12.2. The summed E-state index contributed by atoms with van der Waals surface area (Å²) in [5.74, 6) is 0.519. The molecular weight excluding hydrogens is 316 g/mol. The topological polar surface area (TPSA) is 63.5 Å². The molecule has 3 aromatic rings. The molecule has 1 aromatic heterocycles. The van der Waals surface area contributed by atoms with Crippen molar-refractivity contribution in [2.75, 3.05) is 19.0 Å². The molecule has 0 radical (unpaired) electrons. The van der Waals surface area contributed by atoms with Crippen LogP contribution in [0.2, 0.25) is 0 Å². The van der Waals surface area contributed by atoms with Crippen LogP contribution in [0.15, 0.2) is 40.8 Å². The lowest BCUT2D eigenvalue weighted by molar-refractivity contribution is -0.115. The Bertz CT molecular complexity index is 885. The van der Waals surface area contributed by atoms with E-state index < -0.39 is 0 Å². The minimum absolute atomic E-state index is 0.100. The van der Waals surface area contributed by atoms with Crippen molar-refractivity contribution in [1.29, 1.82) is 0 Å². The molecule has 0 saturated heterocycles. The molecule has 132 valence electrons. The molecule has 0 aliphatic carbocycles. The fraction of sp³-hybridized carbons (Fsp3) is 0.350. The molecule has 5 nitrogen and oxygen atoms in total. The van der Waals surface area contributed by atoms with Crippen molar-refractivity contribution in [3.63, 3.8) is 0 Å². The Labute approximate surface area is 147 Å². The van der Waals surface area contributed by atoms with Crippen molar-refractivity contribution in [2.45, 2.75) is 32.7 Å². The van der Waals surface area contributed by atoms with E-state index in [1.165, 1.54) is 0 Å². The monoisotopic (exact) mass is 340 g/mol. The van der Waals surface area contributed by atoms with Crippen molar-refractivity contribution < 1.29 is 13.9 Å². The second-order valence-corrected chi connectivity index (χ2v) is 6.27. The molecule has 0 fully saturated rings. The highest BCUT2D eigenvalue weighted by Crippen LogP contribution is 2.36. The third-order valence-electron chi connectivity index (χ3n) is 4.31. The van der Waals surface area contributed by atoms with Crippen LogP contribution < -0.4 is 15.4 Å². The largest absolute Gasteiger partial charge is 0.495 e. The Balaban J connectivity index is 1.83. The van der Waals surface area contributed by atoms with E-state index in [0.29, 0.717) is 17.5 Å². The van der Waals surface area contributed by atoms with E-state index in [1.807, 2.05) is 36.4 Å². The van der Waals surface area contributed by atoms with Crippen LogP contribution in [-0.2, 0) is 4.79 Å². The summed E-state index contributed by atoms with van der Waals surface area (Å²) in [5.41, 5.74) is 2.16. The first kappa shape index (κ1) is 17.3. The predicted molar refractivity (Wildman–Crippen MR) is 101 cm³/mol. The molecule has 0 saturated carbocycles. The highest BCUT2D eigenvalue weighted by molar-refractivity contribution is 6.07. The molecule has 0 aliphatic heterocycles. The lowest BCUT2D eigenvalue weighted by atomic mass is 10.1.